The van der Waals surface area contributed by atoms with E-state index in [1.54, 1.807) is 0 Å². The maximum atomic E-state index is 6.78. The van der Waals surface area contributed by atoms with Gasteiger partial charge in [-0.2, -0.15) is 0 Å². The van der Waals surface area contributed by atoms with Crippen LogP contribution in [0.1, 0.15) is 77.0 Å². The molecule has 0 spiro atoms. The number of ether oxygens (including phenoxy) is 6. The molecule has 0 atom stereocenters. The molecule has 0 saturated carbocycles. The van der Waals surface area contributed by atoms with Crippen LogP contribution in [0.25, 0.3) is 0 Å². The zero-order valence-corrected chi connectivity index (χ0v) is 35.6. The molecule has 0 bridgehead atoms. The Morgan fingerprint density at radius 2 is 0.407 bits per heavy atom. The predicted molar refractivity (Wildman–Crippen MR) is 222 cm³/mol. The van der Waals surface area contributed by atoms with Gasteiger partial charge in [0.15, 0.2) is 0 Å². The van der Waals surface area contributed by atoms with E-state index in [0.717, 1.165) is 38.5 Å². The van der Waals surface area contributed by atoms with Crippen LogP contribution in [0.5, 0.6) is 0 Å². The third kappa shape index (κ3) is 24.6. The zero-order chi connectivity index (χ0) is 39.3. The molecule has 1 heterocycles. The van der Waals surface area contributed by atoms with E-state index in [-0.39, 0.29) is 0 Å². The molecule has 3 N–H and O–H groups in total. The van der Waals surface area contributed by atoms with Gasteiger partial charge in [0.25, 0.3) is 0 Å². The molecule has 1 fully saturated rings. The normalized spacial score (nSPS) is 17.1. The van der Waals surface area contributed by atoms with Gasteiger partial charge in [0.2, 0.25) is 0 Å². The van der Waals surface area contributed by atoms with Gasteiger partial charge in [-0.15, -0.1) is 0 Å². The second-order valence-electron chi connectivity index (χ2n) is 11.8. The first-order valence-corrected chi connectivity index (χ1v) is 24.5. The molecule has 1 rings (SSSR count). The summed E-state index contributed by atoms with van der Waals surface area (Å²) in [6.45, 7) is 27.2. The number of hydrogen-bond acceptors (Lipinski definition) is 15. The van der Waals surface area contributed by atoms with E-state index in [0.29, 0.717) is 118 Å². The fraction of sp³-hybridized carbons (Fsp3) is 0.667. The molecular formula is C36H72N3O12P3. The van der Waals surface area contributed by atoms with Crippen molar-refractivity contribution in [2.24, 2.45) is 0 Å². The molecule has 0 aromatic carbocycles. The molecule has 0 amide bonds. The van der Waals surface area contributed by atoms with Gasteiger partial charge in [-0.1, -0.05) is 0 Å². The van der Waals surface area contributed by atoms with Crippen LogP contribution in [0, 0.1) is 0 Å². The minimum atomic E-state index is -3.63. The fourth-order valence-corrected chi connectivity index (χ4v) is 18.8. The average Bonchev–Trinajstić information content (AvgIpc) is 3.17. The summed E-state index contributed by atoms with van der Waals surface area (Å²) >= 11 is 0. The number of hydrogen-bond donors (Lipinski definition) is 3. The summed E-state index contributed by atoms with van der Waals surface area (Å²) < 4.78 is 72.8. The van der Waals surface area contributed by atoms with E-state index in [4.69, 9.17) is 55.6 Å². The van der Waals surface area contributed by atoms with Crippen LogP contribution in [-0.4, -0.2) is 79.3 Å². The van der Waals surface area contributed by atoms with Gasteiger partial charge >= 0.3 is 328 Å². The van der Waals surface area contributed by atoms with Crippen LogP contribution in [0.2, 0.25) is 0 Å². The summed E-state index contributed by atoms with van der Waals surface area (Å²) in [5.74, 6) is 0. The maximum absolute atomic E-state index is 6.78. The fourth-order valence-electron chi connectivity index (χ4n) is 4.82. The molecule has 1 aliphatic rings. The third-order valence-electron chi connectivity index (χ3n) is 7.47. The zero-order valence-electron chi connectivity index (χ0n) is 32.6. The monoisotopic (exact) mass is 831 g/mol. The van der Waals surface area contributed by atoms with Gasteiger partial charge in [0.1, 0.15) is 0 Å². The Bertz CT molecular complexity index is 798. The van der Waals surface area contributed by atoms with Gasteiger partial charge in [-0.25, -0.2) is 0 Å². The standard InChI is InChI=1S/C36H72N3O12P3/c1-7-40-25-13-19-31-46-52(47-32-20-14-26-41-8-2)37-53(48-33-21-15-27-42-9-3,49-34-22-16-28-43-10-4)39-54(38-52,50-35-23-17-29-44-11-5)51-36-24-18-30-45-12-6/h7-12,37-39,52-54H,1-6,13-36H2. The van der Waals surface area contributed by atoms with E-state index in [1.165, 1.54) is 37.6 Å². The molecule has 0 unspecified atom stereocenters. The van der Waals surface area contributed by atoms with E-state index < -0.39 is 24.1 Å². The van der Waals surface area contributed by atoms with Crippen molar-refractivity contribution in [3.63, 3.8) is 0 Å². The van der Waals surface area contributed by atoms with Crippen molar-refractivity contribution in [1.29, 1.82) is 0 Å². The van der Waals surface area contributed by atoms with Crippen LogP contribution in [0.4, 0.5) is 0 Å². The molecule has 1 aliphatic heterocycles. The third-order valence-corrected chi connectivity index (χ3v) is 19.0. The molecule has 0 aliphatic carbocycles. The van der Waals surface area contributed by atoms with Gasteiger partial charge in [0, 0.05) is 0 Å². The van der Waals surface area contributed by atoms with Crippen LogP contribution in [0.3, 0.4) is 0 Å². The summed E-state index contributed by atoms with van der Waals surface area (Å²) in [7, 11) is -10.9. The molecule has 0 radical (unpaired) electrons. The first-order valence-electron chi connectivity index (χ1n) is 19.1. The van der Waals surface area contributed by atoms with Crippen LogP contribution < -0.4 is 14.6 Å². The summed E-state index contributed by atoms with van der Waals surface area (Å²) in [6, 6.07) is 0. The number of nitrogens with one attached hydrogen (secondary N) is 3. The summed E-state index contributed by atoms with van der Waals surface area (Å²) in [5.41, 5.74) is 0. The van der Waals surface area contributed by atoms with Crippen molar-refractivity contribution >= 4 is 24.1 Å². The summed E-state index contributed by atoms with van der Waals surface area (Å²) in [6.07, 6.45) is 17.5. The quantitative estimate of drug-likeness (QED) is 0.0306. The van der Waals surface area contributed by atoms with E-state index >= 15 is 0 Å². The predicted octanol–water partition coefficient (Wildman–Crippen LogP) is 8.74. The molecule has 54 heavy (non-hydrogen) atoms. The van der Waals surface area contributed by atoms with Gasteiger partial charge in [0.05, 0.1) is 0 Å². The second kappa shape index (κ2) is 34.4. The van der Waals surface area contributed by atoms with E-state index in [2.05, 4.69) is 54.0 Å². The van der Waals surface area contributed by atoms with Crippen molar-refractivity contribution in [3.8, 4) is 0 Å². The topological polar surface area (TPSA) is 147 Å². The first kappa shape index (κ1) is 50.2. The van der Waals surface area contributed by atoms with Crippen LogP contribution >= 0.6 is 24.1 Å². The summed E-state index contributed by atoms with van der Waals surface area (Å²) in [5, 5.41) is 0. The Balaban J connectivity index is 3.56. The number of rotatable bonds is 42. The minimum absolute atomic E-state index is 0.372. The van der Waals surface area contributed by atoms with E-state index in [9.17, 15) is 0 Å². The molecule has 318 valence electrons. The molecule has 1 saturated heterocycles. The first-order chi connectivity index (χ1) is 26.5. The Hall–Kier alpha value is -1.83. The SMILES string of the molecule is C=COCCCCO[PH]1(OCCCCOC=C)N[PH](OCCCCOC=C)(OCCCCOC=C)N[PH](OCCCCOC=C)(OCCCCOC=C)N1. The summed E-state index contributed by atoms with van der Waals surface area (Å²) in [4.78, 5) is 11.0. The van der Waals surface area contributed by atoms with Crippen LogP contribution in [-0.2, 0) is 55.6 Å². The Morgan fingerprint density at radius 3 is 0.556 bits per heavy atom. The van der Waals surface area contributed by atoms with E-state index in [1.807, 2.05) is 0 Å². The van der Waals surface area contributed by atoms with Crippen LogP contribution in [0.15, 0.2) is 77.0 Å². The molecule has 0 aromatic rings. The Labute approximate surface area is 326 Å². The van der Waals surface area contributed by atoms with Crippen molar-refractivity contribution in [2.75, 3.05) is 79.3 Å². The van der Waals surface area contributed by atoms with Crippen molar-refractivity contribution in [2.45, 2.75) is 77.0 Å². The second-order valence-corrected chi connectivity index (χ2v) is 20.2. The molecular weight excluding hydrogens is 759 g/mol. The van der Waals surface area contributed by atoms with Crippen molar-refractivity contribution in [1.82, 2.24) is 14.6 Å². The van der Waals surface area contributed by atoms with Gasteiger partial charge in [-0.05, 0) is 0 Å². The van der Waals surface area contributed by atoms with Gasteiger partial charge in [-0.3, -0.25) is 0 Å². The Morgan fingerprint density at radius 1 is 0.259 bits per heavy atom. The molecule has 0 aromatic heterocycles. The van der Waals surface area contributed by atoms with Gasteiger partial charge < -0.3 is 0 Å². The average molecular weight is 832 g/mol. The van der Waals surface area contributed by atoms with Crippen molar-refractivity contribution in [3.05, 3.63) is 77.0 Å². The van der Waals surface area contributed by atoms with Crippen molar-refractivity contribution < 1.29 is 55.6 Å². The Kier molecular flexibility index (Phi) is 32.0. The number of unbranched alkanes of at least 4 members (excludes halogenated alkanes) is 6. The molecule has 15 nitrogen and oxygen atoms in total. The molecule has 18 heteroatoms.